The molecule has 2 aromatic rings. The van der Waals surface area contributed by atoms with Gasteiger partial charge in [0.15, 0.2) is 0 Å². The number of carboxylic acids is 4. The number of alkyl halides is 12. The van der Waals surface area contributed by atoms with Crippen molar-refractivity contribution >= 4 is 23.9 Å². The predicted molar refractivity (Wildman–Crippen MR) is 171 cm³/mol. The van der Waals surface area contributed by atoms with Crippen molar-refractivity contribution in [2.75, 3.05) is 26.4 Å². The van der Waals surface area contributed by atoms with E-state index in [2.05, 4.69) is 0 Å². The monoisotopic (exact) mass is 1060 g/mol. The largest absolute Gasteiger partial charge is 2.00 e. The summed E-state index contributed by atoms with van der Waals surface area (Å²) in [6.45, 7) is 7.89. The summed E-state index contributed by atoms with van der Waals surface area (Å²) < 4.78 is 158. The molecule has 0 atom stereocenters. The smallest absolute Gasteiger partial charge is 0.550 e. The van der Waals surface area contributed by atoms with Crippen LogP contribution in [0.1, 0.15) is 121 Å². The molecule has 0 aliphatic carbocycles. The molecule has 24 heteroatoms. The van der Waals surface area contributed by atoms with Gasteiger partial charge >= 0.3 is 63.7 Å². The zero-order chi connectivity index (χ0) is 45.3. The fourth-order valence-corrected chi connectivity index (χ4v) is 4.15. The molecule has 0 amide bonds. The summed E-state index contributed by atoms with van der Waals surface area (Å²) in [4.78, 5) is 40.1. The predicted octanol–water partition coefficient (Wildman–Crippen LogP) is 5.62. The first kappa shape index (κ1) is 63.3. The maximum absolute atomic E-state index is 12.3. The minimum atomic E-state index is -5.20. The molecular weight excluding hydrogens is 1020 g/mol. The third-order valence-corrected chi connectivity index (χ3v) is 6.88. The van der Waals surface area contributed by atoms with Gasteiger partial charge < -0.3 is 49.1 Å². The average Bonchev–Trinajstić information content (AvgIpc) is 3.89. The van der Waals surface area contributed by atoms with Crippen LogP contribution in [0.25, 0.3) is 0 Å². The van der Waals surface area contributed by atoms with Crippen LogP contribution >= 0.6 is 0 Å². The zero-order valence-electron chi connectivity index (χ0n) is 31.7. The second kappa shape index (κ2) is 31.5. The Morgan fingerprint density at radius 3 is 0.800 bits per heavy atom. The van der Waals surface area contributed by atoms with Gasteiger partial charge in [-0.25, -0.2) is 0 Å². The van der Waals surface area contributed by atoms with Crippen LogP contribution in [0.2, 0.25) is 0 Å². The van der Waals surface area contributed by atoms with Crippen LogP contribution in [0, 0.1) is 0 Å². The number of rotatable bonds is 8. The number of carboxylic acid groups (broad SMARTS) is 4. The third-order valence-electron chi connectivity index (χ3n) is 6.88. The van der Waals surface area contributed by atoms with Crippen LogP contribution in [0.15, 0.2) is 36.4 Å². The number of carbonyl (C=O) groups is 4. The van der Waals surface area contributed by atoms with E-state index in [1.807, 2.05) is 13.8 Å². The Morgan fingerprint density at radius 1 is 0.483 bits per heavy atom. The standard InChI is InChI=1S/2C9H4F6O2.2C5H10O2.2C4H8O.2Ru/c2*10-8(11,12)4-2-1-3-5(9(13,14)15)6(4)7(16)17;2*1-2-3-4-5(6)7;2*1-2-4-5-3-1;;/h2*1-3H,(H,16,17);2*2-4H2,1H3,(H,6,7);2*1-4H2;;/q;;;;;;2*+2/p-4. The van der Waals surface area contributed by atoms with Crippen molar-refractivity contribution in [3.05, 3.63) is 69.8 Å². The van der Waals surface area contributed by atoms with E-state index in [-0.39, 0.29) is 76.1 Å². The first-order valence-electron chi connectivity index (χ1n) is 17.2. The Morgan fingerprint density at radius 2 is 0.700 bits per heavy atom. The molecule has 0 radical (unpaired) electrons. The van der Waals surface area contributed by atoms with E-state index in [9.17, 15) is 92.3 Å². The van der Waals surface area contributed by atoms with Gasteiger partial charge in [0.1, 0.15) is 0 Å². The summed E-state index contributed by atoms with van der Waals surface area (Å²) in [6.07, 6.45) is -11.9. The van der Waals surface area contributed by atoms with E-state index < -0.39 is 82.0 Å². The second-order valence-electron chi connectivity index (χ2n) is 11.6. The number of hydrogen-bond acceptors (Lipinski definition) is 10. The quantitative estimate of drug-likeness (QED) is 0.238. The molecule has 60 heavy (non-hydrogen) atoms. The third kappa shape index (κ3) is 28.2. The van der Waals surface area contributed by atoms with E-state index in [0.717, 1.165) is 52.1 Å². The Balaban J connectivity index is -0.000000336. The van der Waals surface area contributed by atoms with Gasteiger partial charge in [0, 0.05) is 49.5 Å². The number of aromatic carboxylic acids is 2. The maximum atomic E-state index is 12.3. The molecule has 2 fully saturated rings. The van der Waals surface area contributed by atoms with E-state index >= 15 is 0 Å². The first-order valence-corrected chi connectivity index (χ1v) is 17.2. The van der Waals surface area contributed by atoms with Crippen molar-refractivity contribution in [2.24, 2.45) is 0 Å². The Kier molecular flexibility index (Phi) is 33.2. The molecule has 0 bridgehead atoms. The number of unbranched alkanes of at least 4 members (excludes halogenated alkanes) is 2. The molecule has 0 N–H and O–H groups in total. The van der Waals surface area contributed by atoms with Gasteiger partial charge in [-0.1, -0.05) is 38.8 Å². The molecule has 0 aromatic heterocycles. The summed E-state index contributed by atoms with van der Waals surface area (Å²) in [6, 6.07) is 1.97. The summed E-state index contributed by atoms with van der Waals surface area (Å²) in [5, 5.41) is 40.1. The molecule has 0 unspecified atom stereocenters. The van der Waals surface area contributed by atoms with Crippen LogP contribution in [0.4, 0.5) is 52.7 Å². The summed E-state index contributed by atoms with van der Waals surface area (Å²) in [5.41, 5.74) is -11.3. The van der Waals surface area contributed by atoms with Gasteiger partial charge in [-0.3, -0.25) is 0 Å². The zero-order valence-corrected chi connectivity index (χ0v) is 35.2. The number of hydrogen-bond donors (Lipinski definition) is 0. The van der Waals surface area contributed by atoms with Gasteiger partial charge in [0.2, 0.25) is 0 Å². The number of benzene rings is 2. The fourth-order valence-electron chi connectivity index (χ4n) is 4.15. The molecule has 10 nitrogen and oxygen atoms in total. The molecule has 4 rings (SSSR count). The molecule has 2 aliphatic heterocycles. The molecule has 2 saturated heterocycles. The molecule has 0 saturated carbocycles. The SMILES string of the molecule is C1CCOC1.C1CCOC1.CCCCC(=O)[O-].CCCCC(=O)[O-].O=C([O-])c1c(C(F)(F)F)cccc1C(F)(F)F.O=C([O-])c1c(C(F)(F)F)cccc1C(F)(F)F.[Ru+2].[Ru+2]. The van der Waals surface area contributed by atoms with Gasteiger partial charge in [-0.15, -0.1) is 0 Å². The van der Waals surface area contributed by atoms with Crippen LogP contribution in [-0.4, -0.2) is 50.3 Å². The molecular formula is C36H40F12O10Ru2. The van der Waals surface area contributed by atoms with Gasteiger partial charge in [0.05, 0.1) is 34.2 Å². The van der Waals surface area contributed by atoms with E-state index in [1.165, 1.54) is 25.7 Å². The maximum Gasteiger partial charge on any atom is 2.00 e. The molecule has 344 valence electrons. The van der Waals surface area contributed by atoms with Crippen molar-refractivity contribution < 1.29 is 141 Å². The molecule has 2 aromatic carbocycles. The second-order valence-corrected chi connectivity index (χ2v) is 11.6. The van der Waals surface area contributed by atoms with Crippen LogP contribution < -0.4 is 20.4 Å². The van der Waals surface area contributed by atoms with E-state index in [4.69, 9.17) is 9.47 Å². The number of aliphatic carboxylic acids is 2. The fraction of sp³-hybridized carbons (Fsp3) is 0.556. The minimum absolute atomic E-state index is 0. The number of carbonyl (C=O) groups excluding carboxylic acids is 4. The Hall–Kier alpha value is -3.35. The van der Waals surface area contributed by atoms with E-state index in [0.29, 0.717) is 12.1 Å². The van der Waals surface area contributed by atoms with Crippen LogP contribution in [-0.2, 0) is 82.7 Å². The molecule has 2 heterocycles. The van der Waals surface area contributed by atoms with E-state index in [1.54, 1.807) is 0 Å². The Bertz CT molecular complexity index is 1350. The minimum Gasteiger partial charge on any atom is -0.550 e. The summed E-state index contributed by atoms with van der Waals surface area (Å²) in [7, 11) is 0. The Labute approximate surface area is 362 Å². The van der Waals surface area contributed by atoms with Gasteiger partial charge in [0.25, 0.3) is 0 Å². The first-order chi connectivity index (χ1) is 26.6. The van der Waals surface area contributed by atoms with Crippen molar-refractivity contribution in [3.63, 3.8) is 0 Å². The summed E-state index contributed by atoms with van der Waals surface area (Å²) >= 11 is 0. The normalized spacial score (nSPS) is 13.2. The van der Waals surface area contributed by atoms with Gasteiger partial charge in [-0.05, 0) is 75.6 Å². The topological polar surface area (TPSA) is 179 Å². The number of ether oxygens (including phenoxy) is 2. The van der Waals surface area contributed by atoms with Crippen molar-refractivity contribution in [1.29, 1.82) is 0 Å². The van der Waals surface area contributed by atoms with Crippen molar-refractivity contribution in [1.82, 2.24) is 0 Å². The average molecular weight is 1060 g/mol. The number of halogens is 12. The molecule has 2 aliphatic rings. The van der Waals surface area contributed by atoms with Crippen molar-refractivity contribution in [2.45, 2.75) is 103 Å². The molecule has 0 spiro atoms. The van der Waals surface area contributed by atoms with Crippen molar-refractivity contribution in [3.8, 4) is 0 Å². The van der Waals surface area contributed by atoms with Gasteiger partial charge in [-0.2, -0.15) is 52.7 Å². The van der Waals surface area contributed by atoms with Crippen LogP contribution in [0.5, 0.6) is 0 Å². The van der Waals surface area contributed by atoms with Crippen LogP contribution in [0.3, 0.4) is 0 Å². The summed E-state index contributed by atoms with van der Waals surface area (Å²) in [5.74, 6) is -6.93.